The van der Waals surface area contributed by atoms with Gasteiger partial charge in [-0.1, -0.05) is 19.1 Å². The molecule has 0 unspecified atom stereocenters. The number of rotatable bonds is 5. The first-order chi connectivity index (χ1) is 12.6. The van der Waals surface area contributed by atoms with Crippen molar-refractivity contribution in [1.82, 2.24) is 5.06 Å². The fourth-order valence-electron chi connectivity index (χ4n) is 2.59. The summed E-state index contributed by atoms with van der Waals surface area (Å²) >= 11 is 1.51. The fraction of sp³-hybridized carbons (Fsp3) is 0.250. The molecule has 3 rings (SSSR count). The van der Waals surface area contributed by atoms with E-state index in [1.807, 2.05) is 6.92 Å². The molecule has 1 aliphatic rings. The largest absolute Gasteiger partial charge is 0.525 e. The first-order valence-corrected chi connectivity index (χ1v) is 10.1. The van der Waals surface area contributed by atoms with E-state index in [0.29, 0.717) is 5.39 Å². The summed E-state index contributed by atoms with van der Waals surface area (Å²) < 4.78 is 64.0. The zero-order valence-corrected chi connectivity index (χ0v) is 15.4. The second kappa shape index (κ2) is 6.80. The van der Waals surface area contributed by atoms with E-state index in [4.69, 9.17) is 0 Å². The summed E-state index contributed by atoms with van der Waals surface area (Å²) in [6.45, 7) is 1.99. The second-order valence-electron chi connectivity index (χ2n) is 5.57. The van der Waals surface area contributed by atoms with Gasteiger partial charge in [-0.3, -0.25) is 9.59 Å². The lowest BCUT2D eigenvalue weighted by Gasteiger charge is -2.26. The number of thioether (sulfide) groups is 1. The highest BCUT2D eigenvalue weighted by Gasteiger charge is 2.51. The van der Waals surface area contributed by atoms with Gasteiger partial charge in [-0.05, 0) is 35.8 Å². The number of halogens is 3. The molecule has 0 atom stereocenters. The maximum Gasteiger partial charge on any atom is 0.525 e. The third-order valence-corrected chi connectivity index (χ3v) is 5.94. The summed E-state index contributed by atoms with van der Waals surface area (Å²) in [5.74, 6) is -1.76. The molecule has 1 aliphatic heterocycles. The molecule has 0 fully saturated rings. The number of carbonyl (C=O) groups excluding carboxylic acids is 2. The number of carbonyl (C=O) groups is 2. The van der Waals surface area contributed by atoms with Crippen molar-refractivity contribution in [3.8, 4) is 0 Å². The van der Waals surface area contributed by atoms with Gasteiger partial charge in [0.15, 0.2) is 0 Å². The van der Waals surface area contributed by atoms with E-state index >= 15 is 0 Å². The van der Waals surface area contributed by atoms with Crippen LogP contribution >= 0.6 is 11.8 Å². The highest BCUT2D eigenvalue weighted by Crippen LogP contribution is 2.37. The SMILES string of the molecule is CCCSc1ccc2c3c(cccc13)C(=O)N(OS(=O)(=O)C(F)(F)F)C2=O. The maximum atomic E-state index is 12.6. The van der Waals surface area contributed by atoms with Crippen molar-refractivity contribution >= 4 is 44.5 Å². The number of hydrogen-bond acceptors (Lipinski definition) is 6. The predicted octanol–water partition coefficient (Wildman–Crippen LogP) is 3.72. The Balaban J connectivity index is 2.12. The van der Waals surface area contributed by atoms with Crippen LogP contribution in [0.25, 0.3) is 10.8 Å². The molecule has 11 heteroatoms. The van der Waals surface area contributed by atoms with E-state index in [-0.39, 0.29) is 21.6 Å². The Morgan fingerprint density at radius 2 is 1.70 bits per heavy atom. The van der Waals surface area contributed by atoms with Gasteiger partial charge in [0.05, 0.1) is 11.1 Å². The lowest BCUT2D eigenvalue weighted by Crippen LogP contribution is -2.44. The molecule has 0 saturated carbocycles. The van der Waals surface area contributed by atoms with Crippen molar-refractivity contribution in [2.75, 3.05) is 5.75 Å². The Labute approximate surface area is 156 Å². The highest BCUT2D eigenvalue weighted by molar-refractivity contribution is 7.99. The van der Waals surface area contributed by atoms with Gasteiger partial charge >= 0.3 is 15.6 Å². The number of nitrogens with zero attached hydrogens (tertiary/aromatic N) is 1. The van der Waals surface area contributed by atoms with Crippen molar-refractivity contribution in [3.05, 3.63) is 41.5 Å². The van der Waals surface area contributed by atoms with Crippen LogP contribution in [0.2, 0.25) is 0 Å². The summed E-state index contributed by atoms with van der Waals surface area (Å²) in [6.07, 6.45) is 0.891. The standard InChI is InChI=1S/C16H12F3NO5S2/c1-2-8-26-12-7-6-11-13-9(12)4-3-5-10(13)14(21)20(15(11)22)25-27(23,24)16(17,18)19/h3-7H,2,8H2,1H3. The Morgan fingerprint density at radius 3 is 2.30 bits per heavy atom. The lowest BCUT2D eigenvalue weighted by molar-refractivity contribution is -0.0761. The van der Waals surface area contributed by atoms with Crippen LogP contribution in [0.3, 0.4) is 0 Å². The molecule has 2 aromatic rings. The van der Waals surface area contributed by atoms with Crippen LogP contribution in [0, 0.1) is 0 Å². The van der Waals surface area contributed by atoms with Crippen LogP contribution in [-0.2, 0) is 14.4 Å². The highest BCUT2D eigenvalue weighted by atomic mass is 32.2. The zero-order chi connectivity index (χ0) is 20.0. The number of amides is 2. The average Bonchev–Trinajstić information content (AvgIpc) is 2.60. The molecule has 144 valence electrons. The van der Waals surface area contributed by atoms with Crippen molar-refractivity contribution in [1.29, 1.82) is 0 Å². The Bertz CT molecular complexity index is 1030. The molecule has 2 amide bonds. The summed E-state index contributed by atoms with van der Waals surface area (Å²) in [4.78, 5) is 25.8. The Kier molecular flexibility index (Phi) is 4.95. The van der Waals surface area contributed by atoms with E-state index in [1.165, 1.54) is 30.0 Å². The topological polar surface area (TPSA) is 80.8 Å². The van der Waals surface area contributed by atoms with E-state index in [1.54, 1.807) is 12.1 Å². The minimum absolute atomic E-state index is 0.113. The molecule has 1 heterocycles. The maximum absolute atomic E-state index is 12.6. The zero-order valence-electron chi connectivity index (χ0n) is 13.7. The molecule has 0 aromatic heterocycles. The van der Waals surface area contributed by atoms with E-state index in [0.717, 1.165) is 17.1 Å². The summed E-state index contributed by atoms with van der Waals surface area (Å²) in [7, 11) is -6.17. The van der Waals surface area contributed by atoms with Crippen molar-refractivity contribution < 1.29 is 35.5 Å². The minimum Gasteiger partial charge on any atom is -0.266 e. The molecular formula is C16H12F3NO5S2. The quantitative estimate of drug-likeness (QED) is 0.418. The van der Waals surface area contributed by atoms with Gasteiger partial charge < -0.3 is 0 Å². The molecular weight excluding hydrogens is 407 g/mol. The first kappa shape index (κ1) is 19.6. The molecule has 0 spiro atoms. The molecule has 0 N–H and O–H groups in total. The Morgan fingerprint density at radius 1 is 1.07 bits per heavy atom. The van der Waals surface area contributed by atoms with Gasteiger partial charge in [-0.25, -0.2) is 0 Å². The molecule has 0 aliphatic carbocycles. The van der Waals surface area contributed by atoms with Crippen molar-refractivity contribution in [3.63, 3.8) is 0 Å². The van der Waals surface area contributed by atoms with Crippen LogP contribution in [0.15, 0.2) is 35.2 Å². The number of alkyl halides is 3. The second-order valence-corrected chi connectivity index (χ2v) is 8.22. The predicted molar refractivity (Wildman–Crippen MR) is 91.5 cm³/mol. The number of benzene rings is 2. The first-order valence-electron chi connectivity index (χ1n) is 7.66. The summed E-state index contributed by atoms with van der Waals surface area (Å²) in [5, 5.41) is 0.486. The molecule has 0 radical (unpaired) electrons. The molecule has 27 heavy (non-hydrogen) atoms. The van der Waals surface area contributed by atoms with Gasteiger partial charge in [-0.2, -0.15) is 21.6 Å². The Hall–Kier alpha value is -2.11. The fourth-order valence-corrected chi connectivity index (χ4v) is 3.92. The van der Waals surface area contributed by atoms with Gasteiger partial charge in [0.2, 0.25) is 0 Å². The average molecular weight is 419 g/mol. The summed E-state index contributed by atoms with van der Waals surface area (Å²) in [6, 6.07) is 7.43. The van der Waals surface area contributed by atoms with E-state index in [9.17, 15) is 31.2 Å². The number of hydrogen-bond donors (Lipinski definition) is 0. The molecule has 0 bridgehead atoms. The molecule has 6 nitrogen and oxygen atoms in total. The van der Waals surface area contributed by atoms with Gasteiger partial charge in [0, 0.05) is 10.3 Å². The van der Waals surface area contributed by atoms with Crippen LogP contribution in [0.1, 0.15) is 34.1 Å². The van der Waals surface area contributed by atoms with E-state index < -0.39 is 27.4 Å². The molecule has 0 saturated heterocycles. The third-order valence-electron chi connectivity index (χ3n) is 3.75. The molecule has 2 aromatic carbocycles. The monoisotopic (exact) mass is 419 g/mol. The lowest BCUT2D eigenvalue weighted by atomic mass is 9.95. The van der Waals surface area contributed by atoms with Crippen LogP contribution in [-0.4, -0.2) is 36.6 Å². The van der Waals surface area contributed by atoms with Gasteiger partial charge in [0.25, 0.3) is 11.8 Å². The van der Waals surface area contributed by atoms with Crippen molar-refractivity contribution in [2.24, 2.45) is 0 Å². The van der Waals surface area contributed by atoms with Crippen LogP contribution in [0.4, 0.5) is 13.2 Å². The van der Waals surface area contributed by atoms with Crippen LogP contribution in [0.5, 0.6) is 0 Å². The third kappa shape index (κ3) is 3.30. The van der Waals surface area contributed by atoms with Crippen molar-refractivity contribution in [2.45, 2.75) is 23.7 Å². The van der Waals surface area contributed by atoms with Gasteiger partial charge in [0.1, 0.15) is 0 Å². The minimum atomic E-state index is -6.17. The number of imide groups is 1. The van der Waals surface area contributed by atoms with Gasteiger partial charge in [-0.15, -0.1) is 21.1 Å². The summed E-state index contributed by atoms with van der Waals surface area (Å²) in [5.41, 5.74) is -6.00. The number of hydroxylamine groups is 2. The van der Waals surface area contributed by atoms with Crippen LogP contribution < -0.4 is 0 Å². The normalized spacial score (nSPS) is 14.9. The van der Waals surface area contributed by atoms with E-state index in [2.05, 4.69) is 4.28 Å². The smallest absolute Gasteiger partial charge is 0.266 e.